The number of carboxylic acid groups (broad SMARTS) is 4. The van der Waals surface area contributed by atoms with Crippen LogP contribution in [0.5, 0.6) is 0 Å². The van der Waals surface area contributed by atoms with Crippen molar-refractivity contribution in [3.63, 3.8) is 0 Å². The molecule has 0 bridgehead atoms. The van der Waals surface area contributed by atoms with E-state index in [4.69, 9.17) is 0 Å². The zero-order valence-corrected chi connectivity index (χ0v) is 68.0. The summed E-state index contributed by atoms with van der Waals surface area (Å²) in [5.41, 5.74) is -4.11. The lowest BCUT2D eigenvalue weighted by atomic mass is 9.98. The third-order valence-electron chi connectivity index (χ3n) is 20.3. The second-order valence-electron chi connectivity index (χ2n) is 27.1. The van der Waals surface area contributed by atoms with Gasteiger partial charge in [-0.1, -0.05) is 291 Å². The minimum absolute atomic E-state index is 0.306. The predicted molar refractivity (Wildman–Crippen MR) is 489 cm³/mol. The average Bonchev–Trinajstić information content (AvgIpc) is 0.754. The molecule has 17 aromatic rings. The summed E-state index contributed by atoms with van der Waals surface area (Å²) >= 11 is 0. The molecule has 17 rings (SSSR count). The van der Waals surface area contributed by atoms with E-state index in [1.54, 1.807) is 0 Å². The number of hydrogen-bond acceptors (Lipinski definition) is 8. The Morgan fingerprint density at radius 2 is 0.195 bits per heavy atom. The Morgan fingerprint density at radius 3 is 0.254 bits per heavy atom. The average molecular weight is 1610 g/mol. The van der Waals surface area contributed by atoms with Crippen LogP contribution in [0.4, 0.5) is 0 Å². The van der Waals surface area contributed by atoms with Gasteiger partial charge in [0.05, 0.1) is 23.9 Å². The molecule has 0 N–H and O–H groups in total. The molecule has 17 aromatic carbocycles. The minimum Gasteiger partial charge on any atom is -0.545 e. The third-order valence-corrected chi connectivity index (χ3v) is 37.5. The predicted octanol–water partition coefficient (Wildman–Crippen LogP) is 12.4. The van der Waals surface area contributed by atoms with Gasteiger partial charge in [-0.05, 0) is 206 Å². The van der Waals surface area contributed by atoms with E-state index in [2.05, 4.69) is 485 Å². The number of rotatable bonds is 20. The van der Waals surface area contributed by atoms with Gasteiger partial charge in [-0.2, -0.15) is 0 Å². The van der Waals surface area contributed by atoms with E-state index >= 15 is 0 Å². The second kappa shape index (κ2) is 40.1. The molecule has 0 saturated carbocycles. The van der Waals surface area contributed by atoms with Crippen molar-refractivity contribution >= 4 is 138 Å². The first-order valence-corrected chi connectivity index (χ1v) is 45.6. The highest BCUT2D eigenvalue weighted by molar-refractivity contribution is 8.03. The topological polar surface area (TPSA) is 161 Å². The maximum Gasteiger partial charge on any atom is 0.144 e. The number of aromatic carboxylic acids is 4. The molecule has 0 aliphatic carbocycles. The lowest BCUT2D eigenvalue weighted by molar-refractivity contribution is -0.261. The van der Waals surface area contributed by atoms with Crippen LogP contribution in [0.1, 0.15) is 41.4 Å². The fourth-order valence-corrected chi connectivity index (χ4v) is 32.3. The van der Waals surface area contributed by atoms with Crippen LogP contribution in [0.15, 0.2) is 497 Å². The Kier molecular flexibility index (Phi) is 28.0. The van der Waals surface area contributed by atoms with Gasteiger partial charge in [-0.15, -0.1) is 0 Å². The second-order valence-corrected chi connectivity index (χ2v) is 40.8. The first kappa shape index (κ1) is 82.3. The van der Waals surface area contributed by atoms with E-state index in [9.17, 15) is 39.6 Å². The van der Waals surface area contributed by atoms with E-state index < -0.39 is 75.2 Å². The fourth-order valence-electron chi connectivity index (χ4n) is 15.3. The minimum atomic E-state index is -2.00. The number of benzene rings is 17. The van der Waals surface area contributed by atoms with Gasteiger partial charge in [0.1, 0.15) is 114 Å². The molecule has 0 unspecified atom stereocenters. The normalized spacial score (nSPS) is 11.0. The Bertz CT molecular complexity index is 4590. The standard InChI is InChI=1S/4C24H20P.C10H6O8/c4*1-5-13-21(14-6-1)25(22-15-7-2-8-16-22,23-17-9-3-10-18-23)24-19-11-4-12-20-24;11-7(12)3-1-4(8(13)14)6(10(17)18)2-5(3)9(15)16/h4*1-20H;1-2H,(H,11,12)(H,13,14)(H,15,16)(H,17,18)/q4*+1;/p-4. The van der Waals surface area contributed by atoms with Crippen LogP contribution in [-0.4, -0.2) is 23.9 Å². The molecule has 0 atom stereocenters. The molecule has 12 heteroatoms. The van der Waals surface area contributed by atoms with Crippen LogP contribution in [0.25, 0.3) is 0 Å². The largest absolute Gasteiger partial charge is 0.545 e. The van der Waals surface area contributed by atoms with Crippen molar-refractivity contribution in [2.45, 2.75) is 0 Å². The molecule has 0 fully saturated rings. The number of carboxylic acids is 4. The van der Waals surface area contributed by atoms with Gasteiger partial charge in [-0.3, -0.25) is 0 Å². The first-order valence-electron chi connectivity index (χ1n) is 38.4. The zero-order chi connectivity index (χ0) is 81.8. The molecular weight excluding hydrogens is 1530 g/mol. The van der Waals surface area contributed by atoms with Crippen LogP contribution in [0.3, 0.4) is 0 Å². The summed E-state index contributed by atoms with van der Waals surface area (Å²) in [4.78, 5) is 42.4. The van der Waals surface area contributed by atoms with Crippen molar-refractivity contribution in [3.05, 3.63) is 520 Å². The van der Waals surface area contributed by atoms with Crippen molar-refractivity contribution in [2.75, 3.05) is 0 Å². The molecule has 0 amide bonds. The summed E-state index contributed by atoms with van der Waals surface area (Å²) in [7, 11) is -7.62. The summed E-state index contributed by atoms with van der Waals surface area (Å²) in [6.07, 6.45) is 0. The van der Waals surface area contributed by atoms with Crippen molar-refractivity contribution in [3.8, 4) is 0 Å². The summed E-state index contributed by atoms with van der Waals surface area (Å²) in [5, 5.41) is 64.6. The van der Waals surface area contributed by atoms with Crippen LogP contribution < -0.4 is 105 Å². The summed E-state index contributed by atoms with van der Waals surface area (Å²) in [6.45, 7) is 0. The Balaban J connectivity index is 0.000000129. The number of carbonyl (C=O) groups excluding carboxylic acids is 4. The van der Waals surface area contributed by atoms with Gasteiger partial charge in [-0.25, -0.2) is 0 Å². The molecular formula is C106H82O8P4. The van der Waals surface area contributed by atoms with Crippen LogP contribution in [0.2, 0.25) is 0 Å². The fraction of sp³-hybridized carbons (Fsp3) is 0. The van der Waals surface area contributed by atoms with Gasteiger partial charge < -0.3 is 39.6 Å². The van der Waals surface area contributed by atoms with E-state index in [0.29, 0.717) is 12.1 Å². The lowest BCUT2D eigenvalue weighted by Crippen LogP contribution is -2.38. The number of carbonyl (C=O) groups is 4. The monoisotopic (exact) mass is 1610 g/mol. The van der Waals surface area contributed by atoms with Crippen molar-refractivity contribution in [1.29, 1.82) is 0 Å². The molecule has 0 saturated heterocycles. The summed E-state index contributed by atoms with van der Waals surface area (Å²) < 4.78 is 0. The molecule has 574 valence electrons. The first-order chi connectivity index (χ1) is 57.9. The Morgan fingerprint density at radius 1 is 0.127 bits per heavy atom. The lowest BCUT2D eigenvalue weighted by Gasteiger charge is -2.27. The molecule has 118 heavy (non-hydrogen) atoms. The van der Waals surface area contributed by atoms with Gasteiger partial charge in [0, 0.05) is 22.3 Å². The molecule has 0 heterocycles. The molecule has 0 aliphatic heterocycles. The van der Waals surface area contributed by atoms with E-state index in [1.165, 1.54) is 84.9 Å². The van der Waals surface area contributed by atoms with Crippen molar-refractivity contribution in [2.24, 2.45) is 0 Å². The summed E-state index contributed by atoms with van der Waals surface area (Å²) in [6, 6.07) is 176. The summed E-state index contributed by atoms with van der Waals surface area (Å²) in [5.74, 6) is -7.99. The third kappa shape index (κ3) is 17.9. The molecule has 0 spiro atoms. The van der Waals surface area contributed by atoms with Crippen molar-refractivity contribution < 1.29 is 39.6 Å². The smallest absolute Gasteiger partial charge is 0.144 e. The van der Waals surface area contributed by atoms with Crippen molar-refractivity contribution in [1.82, 2.24) is 0 Å². The zero-order valence-electron chi connectivity index (χ0n) is 64.4. The van der Waals surface area contributed by atoms with Gasteiger partial charge in [0.2, 0.25) is 0 Å². The van der Waals surface area contributed by atoms with Gasteiger partial charge in [0.25, 0.3) is 0 Å². The maximum atomic E-state index is 10.6. The Hall–Kier alpha value is -13.7. The quantitative estimate of drug-likeness (QED) is 0.0682. The molecule has 8 nitrogen and oxygen atoms in total. The highest BCUT2D eigenvalue weighted by Crippen LogP contribution is 2.57. The molecule has 0 radical (unpaired) electrons. The molecule has 0 aliphatic rings. The van der Waals surface area contributed by atoms with E-state index in [-0.39, 0.29) is 0 Å². The highest BCUT2D eigenvalue weighted by Gasteiger charge is 2.51. The Labute approximate surface area is 692 Å². The van der Waals surface area contributed by atoms with Crippen LogP contribution in [0, 0.1) is 0 Å². The highest BCUT2D eigenvalue weighted by atomic mass is 31.2. The van der Waals surface area contributed by atoms with Gasteiger partial charge >= 0.3 is 0 Å². The van der Waals surface area contributed by atoms with E-state index in [0.717, 1.165) is 0 Å². The van der Waals surface area contributed by atoms with Crippen LogP contribution >= 0.6 is 29.0 Å². The van der Waals surface area contributed by atoms with Gasteiger partial charge in [0.15, 0.2) is 0 Å². The molecule has 0 aromatic heterocycles. The van der Waals surface area contributed by atoms with E-state index in [1.807, 2.05) is 0 Å². The number of hydrogen-bond donors (Lipinski definition) is 0. The maximum absolute atomic E-state index is 10.6. The van der Waals surface area contributed by atoms with Crippen LogP contribution in [-0.2, 0) is 0 Å². The SMILES string of the molecule is O=C([O-])c1cc(C(=O)[O-])c(C(=O)[O-])cc1C(=O)[O-].c1ccc([P+](c2ccccc2)(c2ccccc2)c2ccccc2)cc1.c1ccc([P+](c2ccccc2)(c2ccccc2)c2ccccc2)cc1.c1ccc([P+](c2ccccc2)(c2ccccc2)c2ccccc2)cc1.c1ccc([P+](c2ccccc2)(c2ccccc2)c2ccccc2)cc1.